The molecule has 6 nitrogen and oxygen atoms in total. The van der Waals surface area contributed by atoms with E-state index in [0.717, 1.165) is 19.3 Å². The second-order valence-corrected chi connectivity index (χ2v) is 5.67. The van der Waals surface area contributed by atoms with Gasteiger partial charge in [0.15, 0.2) is 0 Å². The van der Waals surface area contributed by atoms with E-state index in [1.165, 1.54) is 0 Å². The van der Waals surface area contributed by atoms with Crippen LogP contribution in [0.25, 0.3) is 0 Å². The number of urea groups is 1. The van der Waals surface area contributed by atoms with Gasteiger partial charge >= 0.3 is 12.0 Å². The van der Waals surface area contributed by atoms with E-state index in [1.54, 1.807) is 11.8 Å². The number of aliphatic hydroxyl groups excluding tert-OH is 1. The van der Waals surface area contributed by atoms with Crippen molar-refractivity contribution in [2.45, 2.75) is 64.0 Å². The first kappa shape index (κ1) is 16.8. The van der Waals surface area contributed by atoms with E-state index in [0.29, 0.717) is 25.8 Å². The Hall–Kier alpha value is -1.30. The largest absolute Gasteiger partial charge is 0.480 e. The van der Waals surface area contributed by atoms with E-state index in [2.05, 4.69) is 5.32 Å². The molecule has 0 spiro atoms. The van der Waals surface area contributed by atoms with Crippen LogP contribution in [-0.2, 0) is 4.79 Å². The van der Waals surface area contributed by atoms with Crippen molar-refractivity contribution in [1.82, 2.24) is 10.2 Å². The molecule has 0 aromatic carbocycles. The Morgan fingerprint density at radius 2 is 2.10 bits per heavy atom. The molecule has 1 heterocycles. The number of aliphatic hydroxyl groups is 1. The monoisotopic (exact) mass is 286 g/mol. The Morgan fingerprint density at radius 1 is 1.40 bits per heavy atom. The number of carboxylic acids is 1. The molecule has 0 aliphatic carbocycles. The molecule has 0 radical (unpaired) electrons. The van der Waals surface area contributed by atoms with Gasteiger partial charge in [-0.15, -0.1) is 0 Å². The van der Waals surface area contributed by atoms with E-state index >= 15 is 0 Å². The van der Waals surface area contributed by atoms with Crippen molar-refractivity contribution in [3.05, 3.63) is 0 Å². The van der Waals surface area contributed by atoms with E-state index < -0.39 is 11.5 Å². The standard InChI is InChI=1S/C14H26N2O4/c1-3-8-14(2,12(18)19)15-13(20)16-9-5-4-6-11(16)7-10-17/h11,17H,3-10H2,1-2H3,(H,15,20)(H,18,19). The summed E-state index contributed by atoms with van der Waals surface area (Å²) >= 11 is 0. The van der Waals surface area contributed by atoms with Crippen LogP contribution in [0.4, 0.5) is 4.79 Å². The van der Waals surface area contributed by atoms with Gasteiger partial charge in [-0.05, 0) is 39.0 Å². The van der Waals surface area contributed by atoms with Crippen molar-refractivity contribution in [2.75, 3.05) is 13.2 Å². The molecule has 6 heteroatoms. The maximum absolute atomic E-state index is 12.3. The zero-order valence-corrected chi connectivity index (χ0v) is 12.4. The number of carbonyl (C=O) groups excluding carboxylic acids is 1. The summed E-state index contributed by atoms with van der Waals surface area (Å²) in [5, 5.41) is 21.0. The molecule has 2 amide bonds. The number of likely N-dealkylation sites (tertiary alicyclic amines) is 1. The van der Waals surface area contributed by atoms with Gasteiger partial charge in [-0.25, -0.2) is 9.59 Å². The van der Waals surface area contributed by atoms with Gasteiger partial charge in [0.25, 0.3) is 0 Å². The van der Waals surface area contributed by atoms with Crippen LogP contribution in [0.1, 0.15) is 52.4 Å². The van der Waals surface area contributed by atoms with E-state index in [9.17, 15) is 14.7 Å². The zero-order chi connectivity index (χ0) is 15.2. The van der Waals surface area contributed by atoms with Gasteiger partial charge in [-0.1, -0.05) is 13.3 Å². The summed E-state index contributed by atoms with van der Waals surface area (Å²) in [5.41, 5.74) is -1.23. The molecule has 3 N–H and O–H groups in total. The normalized spacial score (nSPS) is 22.1. The lowest BCUT2D eigenvalue weighted by molar-refractivity contribution is -0.144. The van der Waals surface area contributed by atoms with Crippen LogP contribution >= 0.6 is 0 Å². The topological polar surface area (TPSA) is 89.9 Å². The highest BCUT2D eigenvalue weighted by atomic mass is 16.4. The molecule has 1 rings (SSSR count). The highest BCUT2D eigenvalue weighted by Gasteiger charge is 2.37. The van der Waals surface area contributed by atoms with E-state index in [4.69, 9.17) is 5.11 Å². The van der Waals surface area contributed by atoms with Crippen LogP contribution in [0.3, 0.4) is 0 Å². The van der Waals surface area contributed by atoms with Gasteiger partial charge in [0.2, 0.25) is 0 Å². The van der Waals surface area contributed by atoms with Crippen molar-refractivity contribution < 1.29 is 19.8 Å². The number of carboxylic acid groups (broad SMARTS) is 1. The Kier molecular flexibility index (Phi) is 6.26. The molecule has 20 heavy (non-hydrogen) atoms. The lowest BCUT2D eigenvalue weighted by Crippen LogP contribution is -2.58. The first-order valence-corrected chi connectivity index (χ1v) is 7.37. The third-order valence-electron chi connectivity index (χ3n) is 3.96. The number of nitrogens with one attached hydrogen (secondary N) is 1. The summed E-state index contributed by atoms with van der Waals surface area (Å²) in [6.45, 7) is 4.10. The van der Waals surface area contributed by atoms with E-state index in [-0.39, 0.29) is 18.7 Å². The smallest absolute Gasteiger partial charge is 0.329 e. The van der Waals surface area contributed by atoms with Crippen LogP contribution in [0.15, 0.2) is 0 Å². The van der Waals surface area contributed by atoms with Crippen molar-refractivity contribution in [2.24, 2.45) is 0 Å². The first-order chi connectivity index (χ1) is 9.44. The Balaban J connectivity index is 2.73. The van der Waals surface area contributed by atoms with Crippen molar-refractivity contribution >= 4 is 12.0 Å². The Labute approximate surface area is 120 Å². The zero-order valence-electron chi connectivity index (χ0n) is 12.4. The Morgan fingerprint density at radius 3 is 2.65 bits per heavy atom. The van der Waals surface area contributed by atoms with Crippen LogP contribution in [0.5, 0.6) is 0 Å². The molecular weight excluding hydrogens is 260 g/mol. The molecule has 2 atom stereocenters. The van der Waals surface area contributed by atoms with Gasteiger partial charge < -0.3 is 20.4 Å². The minimum absolute atomic E-state index is 0.00780. The predicted molar refractivity (Wildman–Crippen MR) is 75.5 cm³/mol. The number of carbonyl (C=O) groups is 2. The quantitative estimate of drug-likeness (QED) is 0.691. The number of amides is 2. The highest BCUT2D eigenvalue weighted by Crippen LogP contribution is 2.21. The van der Waals surface area contributed by atoms with E-state index in [1.807, 2.05) is 6.92 Å². The molecule has 1 aliphatic heterocycles. The third kappa shape index (κ3) is 4.10. The third-order valence-corrected chi connectivity index (χ3v) is 3.96. The SMILES string of the molecule is CCCC(C)(NC(=O)N1CCCCC1CCO)C(=O)O. The highest BCUT2D eigenvalue weighted by molar-refractivity contribution is 5.86. The molecule has 1 saturated heterocycles. The van der Waals surface area contributed by atoms with Crippen molar-refractivity contribution in [3.63, 3.8) is 0 Å². The molecule has 1 fully saturated rings. The average Bonchev–Trinajstić information content (AvgIpc) is 2.39. The van der Waals surface area contributed by atoms with Gasteiger partial charge in [0.05, 0.1) is 0 Å². The molecule has 0 saturated carbocycles. The number of aliphatic carboxylic acids is 1. The van der Waals surface area contributed by atoms with Crippen LogP contribution in [0.2, 0.25) is 0 Å². The molecular formula is C14H26N2O4. The second kappa shape index (κ2) is 7.47. The van der Waals surface area contributed by atoms with Gasteiger partial charge in [-0.2, -0.15) is 0 Å². The summed E-state index contributed by atoms with van der Waals surface area (Å²) < 4.78 is 0. The summed E-state index contributed by atoms with van der Waals surface area (Å²) in [6.07, 6.45) is 4.46. The lowest BCUT2D eigenvalue weighted by atomic mass is 9.96. The molecule has 1 aliphatic rings. The minimum atomic E-state index is -1.23. The average molecular weight is 286 g/mol. The number of piperidine rings is 1. The van der Waals surface area contributed by atoms with Crippen LogP contribution < -0.4 is 5.32 Å². The fourth-order valence-corrected chi connectivity index (χ4v) is 2.75. The van der Waals surface area contributed by atoms with Crippen LogP contribution in [0, 0.1) is 0 Å². The number of hydrogen-bond donors (Lipinski definition) is 3. The molecule has 0 aromatic heterocycles. The summed E-state index contributed by atoms with van der Waals surface area (Å²) in [7, 11) is 0. The molecule has 0 bridgehead atoms. The molecule has 116 valence electrons. The van der Waals surface area contributed by atoms with Crippen molar-refractivity contribution in [3.8, 4) is 0 Å². The fraction of sp³-hybridized carbons (Fsp3) is 0.857. The first-order valence-electron chi connectivity index (χ1n) is 7.37. The summed E-state index contributed by atoms with van der Waals surface area (Å²) in [4.78, 5) is 25.4. The van der Waals surface area contributed by atoms with Crippen molar-refractivity contribution in [1.29, 1.82) is 0 Å². The maximum atomic E-state index is 12.3. The number of rotatable bonds is 6. The van der Waals surface area contributed by atoms with Gasteiger partial charge in [0, 0.05) is 19.2 Å². The maximum Gasteiger partial charge on any atom is 0.329 e. The molecule has 0 aromatic rings. The number of hydrogen-bond acceptors (Lipinski definition) is 3. The number of nitrogens with zero attached hydrogens (tertiary/aromatic N) is 1. The van der Waals surface area contributed by atoms with Gasteiger partial charge in [-0.3, -0.25) is 0 Å². The predicted octanol–water partition coefficient (Wildman–Crippen LogP) is 1.58. The lowest BCUT2D eigenvalue weighted by Gasteiger charge is -2.38. The fourth-order valence-electron chi connectivity index (χ4n) is 2.75. The Bertz CT molecular complexity index is 346. The molecule has 2 unspecified atom stereocenters. The van der Waals surface area contributed by atoms with Crippen LogP contribution in [-0.4, -0.2) is 51.8 Å². The van der Waals surface area contributed by atoms with Gasteiger partial charge in [0.1, 0.15) is 5.54 Å². The second-order valence-electron chi connectivity index (χ2n) is 5.67. The minimum Gasteiger partial charge on any atom is -0.480 e. The summed E-state index contributed by atoms with van der Waals surface area (Å²) in [5.74, 6) is -1.01. The summed E-state index contributed by atoms with van der Waals surface area (Å²) in [6, 6.07) is -0.324.